The number of rotatable bonds is 7. The van der Waals surface area contributed by atoms with Gasteiger partial charge in [0.1, 0.15) is 11.3 Å². The van der Waals surface area contributed by atoms with Crippen LogP contribution >= 0.6 is 0 Å². The van der Waals surface area contributed by atoms with Crippen molar-refractivity contribution in [3.05, 3.63) is 23.8 Å². The molecule has 31 heavy (non-hydrogen) atoms. The maximum atomic E-state index is 13.3. The number of sulfonamides is 1. The van der Waals surface area contributed by atoms with Crippen LogP contribution in [-0.2, 0) is 19.6 Å². The van der Waals surface area contributed by atoms with Crippen molar-refractivity contribution in [3.8, 4) is 5.75 Å². The maximum Gasteiger partial charge on any atom is 0.255 e. The standard InChI is InChI=1S/C21H31N3O6S/c1-3-22-20(26)21(9-5-4-6-10-21)23-19(25)17-15-16(7-8-18(17)29-2)31(27,28)24-11-13-30-14-12-24/h7-8,15H,3-6,9-14H2,1-2H3,(H,22,26)(H,23,25). The van der Waals surface area contributed by atoms with E-state index in [0.29, 0.717) is 32.6 Å². The fourth-order valence-corrected chi connectivity index (χ4v) is 5.57. The lowest BCUT2D eigenvalue weighted by molar-refractivity contribution is -0.128. The summed E-state index contributed by atoms with van der Waals surface area (Å²) in [6.45, 7) is 3.48. The molecule has 0 aromatic heterocycles. The van der Waals surface area contributed by atoms with Gasteiger partial charge in [-0.3, -0.25) is 9.59 Å². The van der Waals surface area contributed by atoms with E-state index in [-0.39, 0.29) is 35.2 Å². The van der Waals surface area contributed by atoms with Gasteiger partial charge in [0.05, 0.1) is 30.8 Å². The molecule has 1 saturated carbocycles. The Morgan fingerprint density at radius 2 is 1.84 bits per heavy atom. The zero-order valence-electron chi connectivity index (χ0n) is 18.1. The third kappa shape index (κ3) is 5.02. The summed E-state index contributed by atoms with van der Waals surface area (Å²) in [6.07, 6.45) is 3.75. The summed E-state index contributed by atoms with van der Waals surface area (Å²) in [7, 11) is -2.36. The molecular formula is C21H31N3O6S. The number of likely N-dealkylation sites (N-methyl/N-ethyl adjacent to an activating group) is 1. The molecule has 10 heteroatoms. The smallest absolute Gasteiger partial charge is 0.255 e. The van der Waals surface area contributed by atoms with Gasteiger partial charge in [-0.05, 0) is 38.0 Å². The molecule has 2 N–H and O–H groups in total. The van der Waals surface area contributed by atoms with Gasteiger partial charge in [0, 0.05) is 19.6 Å². The Morgan fingerprint density at radius 1 is 1.16 bits per heavy atom. The second kappa shape index (κ2) is 9.97. The minimum absolute atomic E-state index is 0.0102. The van der Waals surface area contributed by atoms with E-state index in [9.17, 15) is 18.0 Å². The van der Waals surface area contributed by atoms with Crippen molar-refractivity contribution < 1.29 is 27.5 Å². The predicted molar refractivity (Wildman–Crippen MR) is 115 cm³/mol. The lowest BCUT2D eigenvalue weighted by Gasteiger charge is -2.36. The summed E-state index contributed by atoms with van der Waals surface area (Å²) in [6, 6.07) is 4.23. The highest BCUT2D eigenvalue weighted by Gasteiger charge is 2.41. The normalized spacial score (nSPS) is 19.4. The molecule has 1 aromatic rings. The molecule has 0 unspecified atom stereocenters. The van der Waals surface area contributed by atoms with Gasteiger partial charge in [-0.25, -0.2) is 8.42 Å². The monoisotopic (exact) mass is 453 g/mol. The van der Waals surface area contributed by atoms with Crippen LogP contribution in [0.15, 0.2) is 23.1 Å². The van der Waals surface area contributed by atoms with E-state index < -0.39 is 21.5 Å². The number of hydrogen-bond donors (Lipinski definition) is 2. The van der Waals surface area contributed by atoms with Gasteiger partial charge >= 0.3 is 0 Å². The van der Waals surface area contributed by atoms with Gasteiger partial charge in [-0.1, -0.05) is 19.3 Å². The van der Waals surface area contributed by atoms with E-state index in [1.807, 2.05) is 6.92 Å². The molecule has 0 spiro atoms. The third-order valence-corrected chi connectivity index (χ3v) is 7.75. The Kier molecular flexibility index (Phi) is 7.55. The number of nitrogens with zero attached hydrogens (tertiary/aromatic N) is 1. The van der Waals surface area contributed by atoms with Gasteiger partial charge in [0.15, 0.2) is 0 Å². The molecule has 1 aromatic carbocycles. The summed E-state index contributed by atoms with van der Waals surface area (Å²) in [5.41, 5.74) is -0.916. The van der Waals surface area contributed by atoms with Crippen LogP contribution in [0.25, 0.3) is 0 Å². The zero-order chi connectivity index (χ0) is 22.5. The van der Waals surface area contributed by atoms with Crippen molar-refractivity contribution in [3.63, 3.8) is 0 Å². The van der Waals surface area contributed by atoms with Gasteiger partial charge in [-0.2, -0.15) is 4.31 Å². The number of hydrogen-bond acceptors (Lipinski definition) is 6. The van der Waals surface area contributed by atoms with Gasteiger partial charge in [0.2, 0.25) is 15.9 Å². The Morgan fingerprint density at radius 3 is 2.45 bits per heavy atom. The molecule has 2 aliphatic rings. The summed E-state index contributed by atoms with van der Waals surface area (Å²) < 4.78 is 38.0. The van der Waals surface area contributed by atoms with E-state index in [0.717, 1.165) is 19.3 Å². The first kappa shape index (κ1) is 23.5. The molecule has 3 rings (SSSR count). The van der Waals surface area contributed by atoms with Crippen molar-refractivity contribution in [2.75, 3.05) is 40.0 Å². The van der Waals surface area contributed by atoms with Crippen molar-refractivity contribution in [1.82, 2.24) is 14.9 Å². The lowest BCUT2D eigenvalue weighted by Crippen LogP contribution is -2.59. The topological polar surface area (TPSA) is 114 Å². The van der Waals surface area contributed by atoms with Crippen LogP contribution in [0, 0.1) is 0 Å². The number of ether oxygens (including phenoxy) is 2. The number of amides is 2. The first-order valence-corrected chi connectivity index (χ1v) is 12.1. The van der Waals surface area contributed by atoms with Gasteiger partial charge < -0.3 is 20.1 Å². The fourth-order valence-electron chi connectivity index (χ4n) is 4.14. The molecule has 0 bridgehead atoms. The lowest BCUT2D eigenvalue weighted by atomic mass is 9.80. The Labute approximate surface area is 183 Å². The predicted octanol–water partition coefficient (Wildman–Crippen LogP) is 1.28. The number of nitrogens with one attached hydrogen (secondary N) is 2. The third-order valence-electron chi connectivity index (χ3n) is 5.86. The fraction of sp³-hybridized carbons (Fsp3) is 0.619. The summed E-state index contributed by atoms with van der Waals surface area (Å²) in [4.78, 5) is 26.1. The molecule has 1 aliphatic heterocycles. The summed E-state index contributed by atoms with van der Waals surface area (Å²) in [5, 5.41) is 5.73. The van der Waals surface area contributed by atoms with Crippen molar-refractivity contribution >= 4 is 21.8 Å². The van der Waals surface area contributed by atoms with Crippen LogP contribution in [-0.4, -0.2) is 70.0 Å². The second-order valence-corrected chi connectivity index (χ2v) is 9.77. The molecule has 9 nitrogen and oxygen atoms in total. The van der Waals surface area contributed by atoms with Gasteiger partial charge in [0.25, 0.3) is 5.91 Å². The molecule has 0 radical (unpaired) electrons. The molecular weight excluding hydrogens is 422 g/mol. The number of carbonyl (C=O) groups excluding carboxylic acids is 2. The van der Waals surface area contributed by atoms with Crippen LogP contribution < -0.4 is 15.4 Å². The molecule has 1 saturated heterocycles. The van der Waals surface area contributed by atoms with Gasteiger partial charge in [-0.15, -0.1) is 0 Å². The van der Waals surface area contributed by atoms with E-state index in [4.69, 9.17) is 9.47 Å². The van der Waals surface area contributed by atoms with E-state index in [2.05, 4.69) is 10.6 Å². The average molecular weight is 454 g/mol. The zero-order valence-corrected chi connectivity index (χ0v) is 18.9. The molecule has 1 aliphatic carbocycles. The maximum absolute atomic E-state index is 13.3. The van der Waals surface area contributed by atoms with E-state index in [1.54, 1.807) is 0 Å². The largest absolute Gasteiger partial charge is 0.496 e. The first-order valence-electron chi connectivity index (χ1n) is 10.7. The van der Waals surface area contributed by atoms with Crippen LogP contribution in [0.3, 0.4) is 0 Å². The highest BCUT2D eigenvalue weighted by molar-refractivity contribution is 7.89. The number of methoxy groups -OCH3 is 1. The van der Waals surface area contributed by atoms with Crippen LogP contribution in [0.1, 0.15) is 49.4 Å². The van der Waals surface area contributed by atoms with E-state index >= 15 is 0 Å². The van der Waals surface area contributed by atoms with Crippen molar-refractivity contribution in [1.29, 1.82) is 0 Å². The van der Waals surface area contributed by atoms with Crippen molar-refractivity contribution in [2.24, 2.45) is 0 Å². The van der Waals surface area contributed by atoms with Crippen molar-refractivity contribution in [2.45, 2.75) is 49.5 Å². The molecule has 2 amide bonds. The van der Waals surface area contributed by atoms with E-state index in [1.165, 1.54) is 29.6 Å². The Bertz CT molecular complexity index is 906. The number of benzene rings is 1. The van der Waals surface area contributed by atoms with Crippen LogP contribution in [0.2, 0.25) is 0 Å². The highest BCUT2D eigenvalue weighted by Crippen LogP contribution is 2.31. The average Bonchev–Trinajstić information content (AvgIpc) is 2.80. The minimum atomic E-state index is -3.78. The van der Waals surface area contributed by atoms with Crippen LogP contribution in [0.4, 0.5) is 0 Å². The number of morpholine rings is 1. The van der Waals surface area contributed by atoms with Crippen LogP contribution in [0.5, 0.6) is 5.75 Å². The first-order chi connectivity index (χ1) is 14.8. The molecule has 172 valence electrons. The summed E-state index contributed by atoms with van der Waals surface area (Å²) in [5.74, 6) is -0.483. The second-order valence-electron chi connectivity index (χ2n) is 7.83. The number of carbonyl (C=O) groups is 2. The minimum Gasteiger partial charge on any atom is -0.496 e. The highest BCUT2D eigenvalue weighted by atomic mass is 32.2. The molecule has 2 fully saturated rings. The Balaban J connectivity index is 1.92. The molecule has 0 atom stereocenters. The summed E-state index contributed by atoms with van der Waals surface area (Å²) >= 11 is 0. The SMILES string of the molecule is CCNC(=O)C1(NC(=O)c2cc(S(=O)(=O)N3CCOCC3)ccc2OC)CCCCC1. The Hall–Kier alpha value is -2.17. The molecule has 1 heterocycles. The quantitative estimate of drug-likeness (QED) is 0.643.